The monoisotopic (exact) mass is 370 g/mol. The number of nitrogens with zero attached hydrogens (tertiary/aromatic N) is 2. The SMILES string of the molecule is O=C(NCCc1ccco1)c1cnc2c(c1)N(CC1CCCO1)C(=O)CN2. The van der Waals surface area contributed by atoms with Crippen molar-refractivity contribution in [2.75, 3.05) is 36.5 Å². The zero-order chi connectivity index (χ0) is 18.6. The summed E-state index contributed by atoms with van der Waals surface area (Å²) in [7, 11) is 0. The molecule has 1 fully saturated rings. The Morgan fingerprint density at radius 1 is 1.44 bits per heavy atom. The van der Waals surface area contributed by atoms with E-state index >= 15 is 0 Å². The Hall–Kier alpha value is -2.87. The zero-order valence-corrected chi connectivity index (χ0v) is 14.9. The zero-order valence-electron chi connectivity index (χ0n) is 14.9. The molecule has 2 aromatic heterocycles. The van der Waals surface area contributed by atoms with Crippen LogP contribution in [0.5, 0.6) is 0 Å². The standard InChI is InChI=1S/C19H22N4O4/c24-17-11-22-18-16(23(17)12-15-4-2-8-27-15)9-13(10-21-18)19(25)20-6-5-14-3-1-7-26-14/h1,3,7,9-10,15H,2,4-6,8,11-12H2,(H,20,25)(H,21,22). The summed E-state index contributed by atoms with van der Waals surface area (Å²) in [5, 5.41) is 5.86. The summed E-state index contributed by atoms with van der Waals surface area (Å²) in [5.74, 6) is 1.15. The van der Waals surface area contributed by atoms with E-state index < -0.39 is 0 Å². The second kappa shape index (κ2) is 7.79. The molecule has 2 amide bonds. The third kappa shape index (κ3) is 3.95. The molecule has 2 aliphatic heterocycles. The molecule has 8 heteroatoms. The number of pyridine rings is 1. The Kier molecular flexibility index (Phi) is 5.06. The molecule has 2 aliphatic rings. The molecule has 0 radical (unpaired) electrons. The van der Waals surface area contributed by atoms with E-state index in [1.807, 2.05) is 12.1 Å². The predicted octanol–water partition coefficient (Wildman–Crippen LogP) is 1.58. The Balaban J connectivity index is 1.46. The third-order valence-electron chi connectivity index (χ3n) is 4.78. The van der Waals surface area contributed by atoms with Crippen molar-refractivity contribution >= 4 is 23.3 Å². The van der Waals surface area contributed by atoms with Crippen LogP contribution in [0.4, 0.5) is 11.5 Å². The summed E-state index contributed by atoms with van der Waals surface area (Å²) >= 11 is 0. The van der Waals surface area contributed by atoms with Gasteiger partial charge in [-0.05, 0) is 31.0 Å². The second-order valence-corrected chi connectivity index (χ2v) is 6.67. The third-order valence-corrected chi connectivity index (χ3v) is 4.78. The summed E-state index contributed by atoms with van der Waals surface area (Å²) in [6, 6.07) is 5.40. The molecule has 27 heavy (non-hydrogen) atoms. The molecule has 0 aliphatic carbocycles. The first-order chi connectivity index (χ1) is 13.2. The van der Waals surface area contributed by atoms with Crippen LogP contribution >= 0.6 is 0 Å². The lowest BCUT2D eigenvalue weighted by molar-refractivity contribution is -0.117. The Morgan fingerprint density at radius 3 is 3.15 bits per heavy atom. The number of aromatic nitrogens is 1. The Bertz CT molecular complexity index is 815. The highest BCUT2D eigenvalue weighted by Crippen LogP contribution is 2.29. The summed E-state index contributed by atoms with van der Waals surface area (Å²) in [4.78, 5) is 30.9. The van der Waals surface area contributed by atoms with Crippen molar-refractivity contribution in [1.82, 2.24) is 10.3 Å². The number of carbonyl (C=O) groups excluding carboxylic acids is 2. The van der Waals surface area contributed by atoms with E-state index in [-0.39, 0.29) is 24.5 Å². The number of fused-ring (bicyclic) bond motifs is 1. The number of ether oxygens (including phenoxy) is 1. The minimum absolute atomic E-state index is 0.0330. The molecule has 1 unspecified atom stereocenters. The lowest BCUT2D eigenvalue weighted by atomic mass is 10.1. The van der Waals surface area contributed by atoms with Crippen molar-refractivity contribution in [3.05, 3.63) is 42.0 Å². The molecular weight excluding hydrogens is 348 g/mol. The first kappa shape index (κ1) is 17.5. The van der Waals surface area contributed by atoms with Crippen LogP contribution in [-0.2, 0) is 16.0 Å². The van der Waals surface area contributed by atoms with Crippen molar-refractivity contribution in [1.29, 1.82) is 0 Å². The van der Waals surface area contributed by atoms with Gasteiger partial charge in [-0.15, -0.1) is 0 Å². The molecule has 4 rings (SSSR count). The average Bonchev–Trinajstić information content (AvgIpc) is 3.37. The molecule has 1 atom stereocenters. The van der Waals surface area contributed by atoms with Crippen molar-refractivity contribution in [3.63, 3.8) is 0 Å². The van der Waals surface area contributed by atoms with Gasteiger partial charge in [0, 0.05) is 25.8 Å². The molecule has 2 N–H and O–H groups in total. The van der Waals surface area contributed by atoms with Crippen molar-refractivity contribution in [2.45, 2.75) is 25.4 Å². The van der Waals surface area contributed by atoms with E-state index in [0.717, 1.165) is 25.2 Å². The minimum Gasteiger partial charge on any atom is -0.469 e. The van der Waals surface area contributed by atoms with Gasteiger partial charge in [0.05, 0.1) is 36.7 Å². The number of hydrogen-bond donors (Lipinski definition) is 2. The highest BCUT2D eigenvalue weighted by atomic mass is 16.5. The van der Waals surface area contributed by atoms with Crippen LogP contribution in [0.2, 0.25) is 0 Å². The maximum atomic E-state index is 12.5. The topological polar surface area (TPSA) is 96.7 Å². The van der Waals surface area contributed by atoms with Crippen molar-refractivity contribution in [2.24, 2.45) is 0 Å². The fourth-order valence-corrected chi connectivity index (χ4v) is 3.36. The average molecular weight is 370 g/mol. The molecule has 142 valence electrons. The van der Waals surface area contributed by atoms with Gasteiger partial charge in [-0.25, -0.2) is 4.98 Å². The van der Waals surface area contributed by atoms with Gasteiger partial charge < -0.3 is 24.7 Å². The molecule has 4 heterocycles. The van der Waals surface area contributed by atoms with E-state index in [0.29, 0.717) is 36.6 Å². The van der Waals surface area contributed by atoms with Crippen LogP contribution in [0.3, 0.4) is 0 Å². The van der Waals surface area contributed by atoms with Crippen LogP contribution in [0.25, 0.3) is 0 Å². The Morgan fingerprint density at radius 2 is 2.37 bits per heavy atom. The number of carbonyl (C=O) groups is 2. The number of furan rings is 1. The van der Waals surface area contributed by atoms with Crippen LogP contribution in [0, 0.1) is 0 Å². The van der Waals surface area contributed by atoms with Gasteiger partial charge in [0.1, 0.15) is 11.6 Å². The van der Waals surface area contributed by atoms with E-state index in [4.69, 9.17) is 9.15 Å². The first-order valence-corrected chi connectivity index (χ1v) is 9.17. The minimum atomic E-state index is -0.230. The predicted molar refractivity (Wildman–Crippen MR) is 98.8 cm³/mol. The molecule has 1 saturated heterocycles. The number of rotatable bonds is 6. The highest BCUT2D eigenvalue weighted by Gasteiger charge is 2.29. The molecule has 2 aromatic rings. The number of anilines is 2. The van der Waals surface area contributed by atoms with Crippen LogP contribution < -0.4 is 15.5 Å². The van der Waals surface area contributed by atoms with Crippen molar-refractivity contribution in [3.8, 4) is 0 Å². The lowest BCUT2D eigenvalue weighted by Gasteiger charge is -2.31. The summed E-state index contributed by atoms with van der Waals surface area (Å²) in [6.07, 6.45) is 5.72. The van der Waals surface area contributed by atoms with Gasteiger partial charge in [-0.3, -0.25) is 9.59 Å². The summed E-state index contributed by atoms with van der Waals surface area (Å²) in [6.45, 7) is 1.87. The van der Waals surface area contributed by atoms with Gasteiger partial charge in [0.25, 0.3) is 5.91 Å². The molecule has 8 nitrogen and oxygen atoms in total. The maximum Gasteiger partial charge on any atom is 0.252 e. The van der Waals surface area contributed by atoms with E-state index in [1.54, 1.807) is 17.2 Å². The summed E-state index contributed by atoms with van der Waals surface area (Å²) < 4.78 is 10.9. The van der Waals surface area contributed by atoms with E-state index in [2.05, 4.69) is 15.6 Å². The largest absolute Gasteiger partial charge is 0.469 e. The van der Waals surface area contributed by atoms with Gasteiger partial charge in [-0.2, -0.15) is 0 Å². The first-order valence-electron chi connectivity index (χ1n) is 9.17. The van der Waals surface area contributed by atoms with Crippen LogP contribution in [-0.4, -0.2) is 49.1 Å². The fraction of sp³-hybridized carbons (Fsp3) is 0.421. The lowest BCUT2D eigenvalue weighted by Crippen LogP contribution is -2.44. The van der Waals surface area contributed by atoms with Gasteiger partial charge in [0.15, 0.2) is 0 Å². The van der Waals surface area contributed by atoms with Crippen LogP contribution in [0.1, 0.15) is 29.0 Å². The van der Waals surface area contributed by atoms with Gasteiger partial charge >= 0.3 is 0 Å². The number of amides is 2. The quantitative estimate of drug-likeness (QED) is 0.801. The summed E-state index contributed by atoms with van der Waals surface area (Å²) in [5.41, 5.74) is 1.04. The van der Waals surface area contributed by atoms with E-state index in [9.17, 15) is 9.59 Å². The maximum absolute atomic E-state index is 12.5. The molecule has 0 aromatic carbocycles. The smallest absolute Gasteiger partial charge is 0.252 e. The van der Waals surface area contributed by atoms with Gasteiger partial charge in [-0.1, -0.05) is 0 Å². The second-order valence-electron chi connectivity index (χ2n) is 6.67. The molecule has 0 spiro atoms. The molecular formula is C19H22N4O4. The molecule has 0 saturated carbocycles. The number of hydrogen-bond acceptors (Lipinski definition) is 6. The Labute approximate surface area is 156 Å². The van der Waals surface area contributed by atoms with Gasteiger partial charge in [0.2, 0.25) is 5.91 Å². The van der Waals surface area contributed by atoms with Crippen LogP contribution in [0.15, 0.2) is 35.1 Å². The van der Waals surface area contributed by atoms with Crippen molar-refractivity contribution < 1.29 is 18.7 Å². The van der Waals surface area contributed by atoms with E-state index in [1.165, 1.54) is 6.20 Å². The fourth-order valence-electron chi connectivity index (χ4n) is 3.36. The highest BCUT2D eigenvalue weighted by molar-refractivity contribution is 6.04. The molecule has 0 bridgehead atoms. The number of nitrogens with one attached hydrogen (secondary N) is 2. The normalized spacial score (nSPS) is 18.9.